The molecule has 1 aliphatic rings. The Morgan fingerprint density at radius 3 is 2.96 bits per heavy atom. The number of hydrogen-bond donors (Lipinski definition) is 0. The van der Waals surface area contributed by atoms with Gasteiger partial charge >= 0.3 is 5.97 Å². The number of aromatic nitrogens is 4. The molecule has 9 nitrogen and oxygen atoms in total. The van der Waals surface area contributed by atoms with E-state index >= 15 is 0 Å². The van der Waals surface area contributed by atoms with Crippen molar-refractivity contribution >= 4 is 28.9 Å². The number of carbonyl (C=O) groups excluding carboxylic acids is 1. The van der Waals surface area contributed by atoms with Gasteiger partial charge in [0.25, 0.3) is 0 Å². The second-order valence-corrected chi connectivity index (χ2v) is 6.72. The van der Waals surface area contributed by atoms with Crippen LogP contribution in [0.4, 0.5) is 0 Å². The molecule has 4 rings (SSSR count). The Labute approximate surface area is 158 Å². The number of carbonyl (C=O) groups is 1. The van der Waals surface area contributed by atoms with Gasteiger partial charge in [-0.1, -0.05) is 18.2 Å². The number of ether oxygens (including phenoxy) is 3. The number of nitrogens with zero attached hydrogens (tertiary/aromatic N) is 4. The number of benzene rings is 1. The van der Waals surface area contributed by atoms with Crippen molar-refractivity contribution in [3.05, 3.63) is 48.5 Å². The minimum atomic E-state index is -0.520. The van der Waals surface area contributed by atoms with Crippen LogP contribution in [0.15, 0.2) is 43.0 Å². The number of methoxy groups -OCH3 is 1. The molecule has 0 saturated carbocycles. The largest absolute Gasteiger partial charge is 0.479 e. The quantitative estimate of drug-likeness (QED) is 0.582. The Hall–Kier alpha value is -2.85. The number of fused-ring (bicyclic) bond motifs is 1. The fourth-order valence-corrected chi connectivity index (χ4v) is 3.40. The predicted octanol–water partition coefficient (Wildman–Crippen LogP) is 1.54. The Kier molecular flexibility index (Phi) is 5.07. The fraction of sp³-hybridized carbons (Fsp3) is 0.294. The molecule has 27 heavy (non-hydrogen) atoms. The third-order valence-corrected chi connectivity index (χ3v) is 4.86. The lowest BCUT2D eigenvalue weighted by atomic mass is 10.2. The highest BCUT2D eigenvalue weighted by Gasteiger charge is 2.29. The van der Waals surface area contributed by atoms with Gasteiger partial charge in [0, 0.05) is 0 Å². The van der Waals surface area contributed by atoms with Crippen LogP contribution in [0.3, 0.4) is 0 Å². The van der Waals surface area contributed by atoms with Gasteiger partial charge in [-0.05, 0) is 12.1 Å². The molecule has 140 valence electrons. The molecule has 0 spiro atoms. The third kappa shape index (κ3) is 3.81. The second kappa shape index (κ2) is 7.80. The van der Waals surface area contributed by atoms with Crippen LogP contribution < -0.4 is 9.57 Å². The van der Waals surface area contributed by atoms with E-state index < -0.39 is 6.29 Å². The summed E-state index contributed by atoms with van der Waals surface area (Å²) >= 11 is 1.51. The normalized spacial score (nSPS) is 19.1. The van der Waals surface area contributed by atoms with Gasteiger partial charge in [-0.2, -0.15) is 4.98 Å². The van der Waals surface area contributed by atoms with E-state index in [0.29, 0.717) is 28.4 Å². The van der Waals surface area contributed by atoms with Crippen molar-refractivity contribution in [1.82, 2.24) is 19.7 Å². The number of thioether (sulfide) groups is 1. The van der Waals surface area contributed by atoms with Gasteiger partial charge < -0.3 is 19.0 Å². The lowest BCUT2D eigenvalue weighted by Gasteiger charge is -2.14. The summed E-state index contributed by atoms with van der Waals surface area (Å²) in [6, 6.07) is 8.83. The summed E-state index contributed by atoms with van der Waals surface area (Å²) in [6.45, 7) is 0.138. The molecule has 1 fully saturated rings. The molecule has 10 heteroatoms. The van der Waals surface area contributed by atoms with Crippen LogP contribution in [0.5, 0.6) is 5.88 Å². The smallest absolute Gasteiger partial charge is 0.338 e. The summed E-state index contributed by atoms with van der Waals surface area (Å²) in [5.74, 6) is 0.568. The van der Waals surface area contributed by atoms with Crippen molar-refractivity contribution in [3.8, 4) is 5.88 Å². The molecule has 2 unspecified atom stereocenters. The van der Waals surface area contributed by atoms with Gasteiger partial charge in [0.05, 0.1) is 18.4 Å². The molecule has 1 aliphatic heterocycles. The molecular weight excluding hydrogens is 372 g/mol. The predicted molar refractivity (Wildman–Crippen MR) is 96.3 cm³/mol. The molecule has 2 atom stereocenters. The molecule has 1 saturated heterocycles. The van der Waals surface area contributed by atoms with Gasteiger partial charge in [-0.25, -0.2) is 14.8 Å². The summed E-state index contributed by atoms with van der Waals surface area (Å²) < 4.78 is 17.6. The topological polar surface area (TPSA) is 97.6 Å². The summed E-state index contributed by atoms with van der Waals surface area (Å²) in [7, 11) is 1.51. The van der Waals surface area contributed by atoms with Gasteiger partial charge in [0.15, 0.2) is 5.52 Å². The van der Waals surface area contributed by atoms with Crippen molar-refractivity contribution < 1.29 is 23.8 Å². The number of esters is 1. The molecule has 0 N–H and O–H groups in total. The molecule has 3 aromatic rings. The maximum Gasteiger partial charge on any atom is 0.338 e. The number of rotatable bonds is 6. The lowest BCUT2D eigenvalue weighted by molar-refractivity contribution is -0.133. The van der Waals surface area contributed by atoms with Crippen molar-refractivity contribution in [2.45, 2.75) is 11.7 Å². The first kappa shape index (κ1) is 17.6. The molecule has 0 amide bonds. The summed E-state index contributed by atoms with van der Waals surface area (Å²) in [4.78, 5) is 30.1. The average molecular weight is 388 g/mol. The fourth-order valence-electron chi connectivity index (χ4n) is 2.52. The minimum Gasteiger partial charge on any atom is -0.479 e. The Morgan fingerprint density at radius 1 is 1.30 bits per heavy atom. The maximum absolute atomic E-state index is 12.0. The maximum atomic E-state index is 12.0. The summed E-state index contributed by atoms with van der Waals surface area (Å²) in [5, 5.41) is 0. The zero-order valence-electron chi connectivity index (χ0n) is 14.3. The standard InChI is InChI=1S/C17H16N4O5S/c1-23-16-14-15(18-9-19-16)21(10-20-14)26-12-8-27-13(25-12)7-24-17(22)11-5-3-2-4-6-11/h2-6,9-10,12-13H,7-8H2,1H3. The van der Waals surface area contributed by atoms with E-state index in [2.05, 4.69) is 15.0 Å². The Balaban J connectivity index is 1.33. The second-order valence-electron chi connectivity index (χ2n) is 5.52. The molecule has 0 aliphatic carbocycles. The zero-order valence-corrected chi connectivity index (χ0v) is 15.2. The van der Waals surface area contributed by atoms with E-state index in [1.54, 1.807) is 24.3 Å². The van der Waals surface area contributed by atoms with Crippen LogP contribution in [0, 0.1) is 0 Å². The molecule has 2 aromatic heterocycles. The zero-order chi connectivity index (χ0) is 18.6. The van der Waals surface area contributed by atoms with E-state index in [0.717, 1.165) is 0 Å². The van der Waals surface area contributed by atoms with Crippen molar-refractivity contribution in [2.24, 2.45) is 0 Å². The third-order valence-electron chi connectivity index (χ3n) is 3.78. The molecule has 1 aromatic carbocycles. The highest BCUT2D eigenvalue weighted by Crippen LogP contribution is 2.26. The summed E-state index contributed by atoms with van der Waals surface area (Å²) in [6.07, 6.45) is 2.34. The molecule has 0 radical (unpaired) electrons. The SMILES string of the molecule is COc1ncnc2c1ncn2OC1CSC(COC(=O)c2ccccc2)O1. The van der Waals surface area contributed by atoms with Crippen LogP contribution in [-0.2, 0) is 9.47 Å². The van der Waals surface area contributed by atoms with Gasteiger partial charge in [0.2, 0.25) is 17.8 Å². The highest BCUT2D eigenvalue weighted by molar-refractivity contribution is 8.00. The van der Waals surface area contributed by atoms with E-state index in [1.165, 1.54) is 36.3 Å². The molecule has 0 bridgehead atoms. The highest BCUT2D eigenvalue weighted by atomic mass is 32.2. The first-order valence-corrected chi connectivity index (χ1v) is 9.18. The minimum absolute atomic E-state index is 0.138. The Morgan fingerprint density at radius 2 is 2.15 bits per heavy atom. The van der Waals surface area contributed by atoms with Gasteiger partial charge in [-0.15, -0.1) is 16.5 Å². The van der Waals surface area contributed by atoms with Crippen LogP contribution >= 0.6 is 11.8 Å². The summed E-state index contributed by atoms with van der Waals surface area (Å²) in [5.41, 5.74) is 1.18. The van der Waals surface area contributed by atoms with Crippen molar-refractivity contribution in [3.63, 3.8) is 0 Å². The monoisotopic (exact) mass is 388 g/mol. The lowest BCUT2D eigenvalue weighted by Crippen LogP contribution is -2.28. The first-order valence-electron chi connectivity index (χ1n) is 8.13. The van der Waals surface area contributed by atoms with E-state index in [-0.39, 0.29) is 18.0 Å². The average Bonchev–Trinajstić information content (AvgIpc) is 3.34. The van der Waals surface area contributed by atoms with Crippen LogP contribution in [0.1, 0.15) is 10.4 Å². The van der Waals surface area contributed by atoms with E-state index in [9.17, 15) is 4.79 Å². The van der Waals surface area contributed by atoms with Crippen molar-refractivity contribution in [1.29, 1.82) is 0 Å². The van der Waals surface area contributed by atoms with E-state index in [4.69, 9.17) is 19.0 Å². The first-order chi connectivity index (χ1) is 13.2. The van der Waals surface area contributed by atoms with E-state index in [1.807, 2.05) is 6.07 Å². The van der Waals surface area contributed by atoms with Gasteiger partial charge in [-0.3, -0.25) is 0 Å². The van der Waals surface area contributed by atoms with Crippen LogP contribution in [0.25, 0.3) is 11.2 Å². The molecule has 3 heterocycles. The van der Waals surface area contributed by atoms with Crippen LogP contribution in [0.2, 0.25) is 0 Å². The number of imidazole rings is 1. The molecular formula is C17H16N4O5S. The van der Waals surface area contributed by atoms with Gasteiger partial charge in [0.1, 0.15) is 24.7 Å². The van der Waals surface area contributed by atoms with Crippen LogP contribution in [-0.4, -0.2) is 56.8 Å². The Bertz CT molecular complexity index is 935. The number of hydrogen-bond acceptors (Lipinski definition) is 9. The van der Waals surface area contributed by atoms with Crippen molar-refractivity contribution in [2.75, 3.05) is 19.5 Å².